The van der Waals surface area contributed by atoms with E-state index in [1.165, 1.54) is 10.5 Å². The van der Waals surface area contributed by atoms with Crippen molar-refractivity contribution in [1.29, 1.82) is 0 Å². The molecule has 2 fully saturated rings. The number of hydrogen-bond acceptors (Lipinski definition) is 3. The average Bonchev–Trinajstić information content (AvgIpc) is 2.81. The number of carbonyl (C=O) groups is 2. The van der Waals surface area contributed by atoms with Crippen LogP contribution in [0, 0.1) is 17.8 Å². The average molecular weight is 464 g/mol. The Hall–Kier alpha value is -2.86. The predicted molar refractivity (Wildman–Crippen MR) is 133 cm³/mol. The molecule has 2 heterocycles. The van der Waals surface area contributed by atoms with E-state index in [9.17, 15) is 14.7 Å². The largest absolute Gasteiger partial charge is 0.465 e. The van der Waals surface area contributed by atoms with Crippen LogP contribution in [0.1, 0.15) is 37.8 Å². The van der Waals surface area contributed by atoms with Crippen LogP contribution in [0.5, 0.6) is 0 Å². The minimum Gasteiger partial charge on any atom is -0.465 e. The van der Waals surface area contributed by atoms with Gasteiger partial charge in [0, 0.05) is 39.3 Å². The van der Waals surface area contributed by atoms with Crippen LogP contribution in [-0.4, -0.2) is 64.0 Å². The Morgan fingerprint density at radius 1 is 0.912 bits per heavy atom. The second kappa shape index (κ2) is 11.0. The number of rotatable bonds is 8. The molecule has 34 heavy (non-hydrogen) atoms. The van der Waals surface area contributed by atoms with E-state index < -0.39 is 12.1 Å². The van der Waals surface area contributed by atoms with Gasteiger partial charge in [-0.25, -0.2) is 4.79 Å². The van der Waals surface area contributed by atoms with E-state index in [2.05, 4.69) is 43.0 Å². The molecule has 0 aliphatic carbocycles. The Kier molecular flexibility index (Phi) is 7.88. The van der Waals surface area contributed by atoms with E-state index >= 15 is 0 Å². The molecular weight excluding hydrogens is 426 g/mol. The lowest BCUT2D eigenvalue weighted by atomic mass is 9.84. The van der Waals surface area contributed by atoms with Gasteiger partial charge in [-0.15, -0.1) is 0 Å². The molecule has 2 bridgehead atoms. The minimum absolute atomic E-state index is 0.0294. The van der Waals surface area contributed by atoms with Crippen LogP contribution in [0.15, 0.2) is 60.7 Å². The zero-order chi connectivity index (χ0) is 24.1. The van der Waals surface area contributed by atoms with Gasteiger partial charge >= 0.3 is 6.09 Å². The third-order valence-electron chi connectivity index (χ3n) is 7.01. The van der Waals surface area contributed by atoms with Gasteiger partial charge in [0.1, 0.15) is 6.04 Å². The molecule has 0 spiro atoms. The molecule has 6 nitrogen and oxygen atoms in total. The standard InChI is InChI=1S/C28H37N3O3/c1-21(2)13-26(31(28(33)34)20-23-11-7-4-8-12-23)27(32)30-18-24-14-25(19-30)17-29(16-24)15-22-9-5-3-6-10-22/h3-12,21,24-26H,13-20H2,1-2H3,(H,33,34)/t24?,25?,26-/m0/s1. The van der Waals surface area contributed by atoms with Gasteiger partial charge in [-0.05, 0) is 41.7 Å². The third kappa shape index (κ3) is 6.17. The van der Waals surface area contributed by atoms with Crippen LogP contribution in [-0.2, 0) is 17.9 Å². The van der Waals surface area contributed by atoms with E-state index in [4.69, 9.17) is 0 Å². The molecule has 1 N–H and O–H groups in total. The second-order valence-electron chi connectivity index (χ2n) is 10.4. The molecule has 2 saturated heterocycles. The highest BCUT2D eigenvalue weighted by Gasteiger charge is 2.40. The Morgan fingerprint density at radius 2 is 1.47 bits per heavy atom. The number of likely N-dealkylation sites (tertiary alicyclic amines) is 2. The zero-order valence-electron chi connectivity index (χ0n) is 20.3. The molecule has 3 atom stereocenters. The van der Waals surface area contributed by atoms with Gasteiger partial charge in [-0.2, -0.15) is 0 Å². The van der Waals surface area contributed by atoms with Gasteiger partial charge in [0.25, 0.3) is 0 Å². The Morgan fingerprint density at radius 3 is 2.00 bits per heavy atom. The van der Waals surface area contributed by atoms with Crippen molar-refractivity contribution in [3.63, 3.8) is 0 Å². The van der Waals surface area contributed by atoms with Crippen molar-refractivity contribution >= 4 is 12.0 Å². The van der Waals surface area contributed by atoms with Gasteiger partial charge in [0.2, 0.25) is 5.91 Å². The number of fused-ring (bicyclic) bond motifs is 2. The summed E-state index contributed by atoms with van der Waals surface area (Å²) in [6.45, 7) is 8.67. The van der Waals surface area contributed by atoms with E-state index in [0.29, 0.717) is 31.3 Å². The maximum Gasteiger partial charge on any atom is 0.408 e. The van der Waals surface area contributed by atoms with Gasteiger partial charge in [0.15, 0.2) is 0 Å². The van der Waals surface area contributed by atoms with Crippen molar-refractivity contribution in [2.24, 2.45) is 17.8 Å². The lowest BCUT2D eigenvalue weighted by Gasteiger charge is -2.47. The molecule has 2 aliphatic rings. The first-order valence-corrected chi connectivity index (χ1v) is 12.5. The number of nitrogens with zero attached hydrogens (tertiary/aromatic N) is 3. The summed E-state index contributed by atoms with van der Waals surface area (Å²) < 4.78 is 0. The van der Waals surface area contributed by atoms with Crippen LogP contribution in [0.3, 0.4) is 0 Å². The quantitative estimate of drug-likeness (QED) is 0.623. The smallest absolute Gasteiger partial charge is 0.408 e. The van der Waals surface area contributed by atoms with Gasteiger partial charge < -0.3 is 10.0 Å². The summed E-state index contributed by atoms with van der Waals surface area (Å²) in [7, 11) is 0. The van der Waals surface area contributed by atoms with Crippen molar-refractivity contribution in [2.75, 3.05) is 26.2 Å². The van der Waals surface area contributed by atoms with Crippen molar-refractivity contribution in [3.8, 4) is 0 Å². The van der Waals surface area contributed by atoms with Gasteiger partial charge in [-0.3, -0.25) is 14.6 Å². The number of carbonyl (C=O) groups excluding carboxylic acids is 1. The monoisotopic (exact) mass is 463 g/mol. The lowest BCUT2D eigenvalue weighted by Crippen LogP contribution is -2.58. The molecule has 0 saturated carbocycles. The lowest BCUT2D eigenvalue weighted by molar-refractivity contribution is -0.142. The zero-order valence-corrected chi connectivity index (χ0v) is 20.3. The molecule has 0 radical (unpaired) electrons. The van der Waals surface area contributed by atoms with E-state index in [-0.39, 0.29) is 18.4 Å². The van der Waals surface area contributed by atoms with Crippen molar-refractivity contribution < 1.29 is 14.7 Å². The molecule has 4 rings (SSSR count). The fraction of sp³-hybridized carbons (Fsp3) is 0.500. The summed E-state index contributed by atoms with van der Waals surface area (Å²) in [5.74, 6) is 1.06. The summed E-state index contributed by atoms with van der Waals surface area (Å²) in [4.78, 5) is 31.9. The second-order valence-corrected chi connectivity index (χ2v) is 10.4. The molecule has 2 amide bonds. The molecule has 2 aliphatic heterocycles. The third-order valence-corrected chi connectivity index (χ3v) is 7.01. The Bertz CT molecular complexity index is 936. The Balaban J connectivity index is 1.45. The first-order chi connectivity index (χ1) is 16.4. The molecular formula is C28H37N3O3. The fourth-order valence-corrected chi connectivity index (χ4v) is 5.65. The number of carboxylic acid groups (broad SMARTS) is 1. The summed E-state index contributed by atoms with van der Waals surface area (Å²) >= 11 is 0. The molecule has 0 aromatic heterocycles. The van der Waals surface area contributed by atoms with Crippen LogP contribution in [0.4, 0.5) is 4.79 Å². The topological polar surface area (TPSA) is 64.1 Å². The van der Waals surface area contributed by atoms with E-state index in [0.717, 1.165) is 31.6 Å². The van der Waals surface area contributed by atoms with E-state index in [1.54, 1.807) is 0 Å². The molecule has 6 heteroatoms. The van der Waals surface area contributed by atoms with Crippen LogP contribution >= 0.6 is 0 Å². The van der Waals surface area contributed by atoms with Crippen LogP contribution in [0.25, 0.3) is 0 Å². The molecule has 182 valence electrons. The maximum atomic E-state index is 13.8. The van der Waals surface area contributed by atoms with Crippen LogP contribution in [0.2, 0.25) is 0 Å². The molecule has 2 unspecified atom stereocenters. The summed E-state index contributed by atoms with van der Waals surface area (Å²) in [6, 6.07) is 19.5. The van der Waals surface area contributed by atoms with E-state index in [1.807, 2.05) is 41.3 Å². The Labute approximate surface area is 203 Å². The van der Waals surface area contributed by atoms with Gasteiger partial charge in [-0.1, -0.05) is 74.5 Å². The molecule has 2 aromatic rings. The normalized spacial score (nSPS) is 21.3. The number of amides is 2. The van der Waals surface area contributed by atoms with Crippen molar-refractivity contribution in [1.82, 2.24) is 14.7 Å². The van der Waals surface area contributed by atoms with Crippen molar-refractivity contribution in [3.05, 3.63) is 71.8 Å². The molecule has 2 aromatic carbocycles. The number of hydrogen-bond donors (Lipinski definition) is 1. The highest BCUT2D eigenvalue weighted by Crippen LogP contribution is 2.31. The van der Waals surface area contributed by atoms with Crippen molar-refractivity contribution in [2.45, 2.75) is 45.8 Å². The number of benzene rings is 2. The SMILES string of the molecule is CC(C)C[C@@H](C(=O)N1CC2CC(CN(Cc3ccccc3)C2)C1)N(Cc1ccccc1)C(=O)O. The first kappa shape index (κ1) is 24.3. The summed E-state index contributed by atoms with van der Waals surface area (Å²) in [5, 5.41) is 10.0. The highest BCUT2D eigenvalue weighted by atomic mass is 16.4. The van der Waals surface area contributed by atoms with Crippen LogP contribution < -0.4 is 0 Å². The minimum atomic E-state index is -1.03. The summed E-state index contributed by atoms with van der Waals surface area (Å²) in [5.41, 5.74) is 2.23. The highest BCUT2D eigenvalue weighted by molar-refractivity contribution is 5.85. The first-order valence-electron chi connectivity index (χ1n) is 12.5. The predicted octanol–water partition coefficient (Wildman–Crippen LogP) is 4.56. The fourth-order valence-electron chi connectivity index (χ4n) is 5.65. The van der Waals surface area contributed by atoms with Gasteiger partial charge in [0.05, 0.1) is 0 Å². The maximum absolute atomic E-state index is 13.8. The number of piperidine rings is 2. The summed E-state index contributed by atoms with van der Waals surface area (Å²) in [6.07, 6.45) is 0.648.